The van der Waals surface area contributed by atoms with Crippen molar-refractivity contribution >= 4 is 27.5 Å². The van der Waals surface area contributed by atoms with Gasteiger partial charge in [0.1, 0.15) is 11.4 Å². The maximum Gasteiger partial charge on any atom is 0.137 e. The number of ether oxygens (including phenoxy) is 1. The quantitative estimate of drug-likeness (QED) is 0.840. The minimum atomic E-state index is -1.24. The van der Waals surface area contributed by atoms with E-state index < -0.39 is 5.60 Å². The van der Waals surface area contributed by atoms with Crippen LogP contribution in [0.1, 0.15) is 31.4 Å². The number of nitrogens with zero attached hydrogens (tertiary/aromatic N) is 1. The molecule has 1 atom stereocenters. The Bertz CT molecular complexity index is 631. The number of hydrogen-bond acceptors (Lipinski definition) is 3. The third-order valence-corrected chi connectivity index (χ3v) is 4.01. The molecule has 0 aliphatic heterocycles. The molecule has 3 nitrogen and oxygen atoms in total. The van der Waals surface area contributed by atoms with Crippen LogP contribution in [0.2, 0.25) is 5.02 Å². The van der Waals surface area contributed by atoms with E-state index >= 15 is 0 Å². The Balaban J connectivity index is 2.38. The van der Waals surface area contributed by atoms with Gasteiger partial charge in [0, 0.05) is 26.8 Å². The molecule has 2 rings (SSSR count). The minimum absolute atomic E-state index is 0.495. The van der Waals surface area contributed by atoms with Gasteiger partial charge in [0.2, 0.25) is 0 Å². The second-order valence-corrected chi connectivity index (χ2v) is 6.28. The minimum Gasteiger partial charge on any atom is -0.492 e. The van der Waals surface area contributed by atoms with Crippen molar-refractivity contribution in [1.82, 2.24) is 4.98 Å². The largest absolute Gasteiger partial charge is 0.492 e. The van der Waals surface area contributed by atoms with Gasteiger partial charge in [-0.1, -0.05) is 40.5 Å². The van der Waals surface area contributed by atoms with E-state index in [0.29, 0.717) is 28.5 Å². The lowest BCUT2D eigenvalue weighted by atomic mass is 9.89. The molecule has 0 saturated heterocycles. The molecule has 1 unspecified atom stereocenters. The van der Waals surface area contributed by atoms with E-state index in [1.165, 1.54) is 0 Å². The molecule has 0 fully saturated rings. The van der Waals surface area contributed by atoms with Gasteiger partial charge >= 0.3 is 0 Å². The first-order valence-corrected chi connectivity index (χ1v) is 7.88. The van der Waals surface area contributed by atoms with E-state index in [-0.39, 0.29) is 0 Å². The summed E-state index contributed by atoms with van der Waals surface area (Å²) in [6, 6.07) is 7.20. The number of pyridine rings is 1. The fourth-order valence-corrected chi connectivity index (χ4v) is 2.88. The van der Waals surface area contributed by atoms with Crippen LogP contribution >= 0.6 is 27.5 Å². The highest BCUT2D eigenvalue weighted by Gasteiger charge is 2.29. The van der Waals surface area contributed by atoms with E-state index in [2.05, 4.69) is 20.9 Å². The lowest BCUT2D eigenvalue weighted by Gasteiger charge is -2.25. The maximum atomic E-state index is 10.9. The molecular formula is C16H17BrClNO2. The second kappa shape index (κ2) is 6.77. The third-order valence-electron chi connectivity index (χ3n) is 3.20. The summed E-state index contributed by atoms with van der Waals surface area (Å²) in [7, 11) is 0. The molecule has 0 amide bonds. The van der Waals surface area contributed by atoms with Crippen LogP contribution in [0.5, 0.6) is 5.75 Å². The molecule has 1 N–H and O–H groups in total. The first kappa shape index (κ1) is 16.3. The Kier molecular flexibility index (Phi) is 5.25. The Morgan fingerprint density at radius 3 is 2.76 bits per heavy atom. The van der Waals surface area contributed by atoms with E-state index in [0.717, 1.165) is 10.9 Å². The van der Waals surface area contributed by atoms with Crippen molar-refractivity contribution in [2.24, 2.45) is 0 Å². The van der Waals surface area contributed by atoms with Crippen molar-refractivity contribution in [2.45, 2.75) is 25.9 Å². The molecule has 0 spiro atoms. The molecule has 5 heteroatoms. The van der Waals surface area contributed by atoms with Crippen LogP contribution in [0.4, 0.5) is 0 Å². The summed E-state index contributed by atoms with van der Waals surface area (Å²) in [5.74, 6) is 0.642. The highest BCUT2D eigenvalue weighted by molar-refractivity contribution is 9.10. The van der Waals surface area contributed by atoms with Crippen LogP contribution in [0, 0.1) is 0 Å². The van der Waals surface area contributed by atoms with Gasteiger partial charge in [-0.05, 0) is 31.5 Å². The molecule has 1 aromatic heterocycles. The fraction of sp³-hybridized carbons (Fsp3) is 0.312. The van der Waals surface area contributed by atoms with Gasteiger partial charge in [0.25, 0.3) is 0 Å². The molecule has 2 aromatic rings. The van der Waals surface area contributed by atoms with Crippen LogP contribution < -0.4 is 4.74 Å². The standard InChI is InChI=1S/C16H17BrClNO2/c1-3-6-21-13-7-11(9-19-10-13)16(2,20)14-5-4-12(17)8-15(14)18/h4-5,7-10,20H,3,6H2,1-2H3. The van der Waals surface area contributed by atoms with Crippen LogP contribution in [0.15, 0.2) is 41.1 Å². The number of halogens is 2. The molecule has 0 bridgehead atoms. The van der Waals surface area contributed by atoms with Crippen molar-refractivity contribution in [3.63, 3.8) is 0 Å². The highest BCUT2D eigenvalue weighted by Crippen LogP contribution is 2.36. The molecule has 1 aromatic carbocycles. The third kappa shape index (κ3) is 3.76. The number of aromatic nitrogens is 1. The topological polar surface area (TPSA) is 42.4 Å². The average Bonchev–Trinajstić information content (AvgIpc) is 2.45. The number of hydrogen-bond donors (Lipinski definition) is 1. The lowest BCUT2D eigenvalue weighted by Crippen LogP contribution is -2.23. The van der Waals surface area contributed by atoms with Crippen molar-refractivity contribution in [3.05, 3.63) is 57.3 Å². The Morgan fingerprint density at radius 1 is 1.33 bits per heavy atom. The summed E-state index contributed by atoms with van der Waals surface area (Å²) in [6.45, 7) is 4.35. The zero-order chi connectivity index (χ0) is 15.5. The van der Waals surface area contributed by atoms with Gasteiger partial charge in [-0.25, -0.2) is 0 Å². The number of benzene rings is 1. The molecule has 1 heterocycles. The smallest absolute Gasteiger partial charge is 0.137 e. The molecule has 0 saturated carbocycles. The number of rotatable bonds is 5. The zero-order valence-corrected chi connectivity index (χ0v) is 14.3. The Hall–Kier alpha value is -1.10. The fourth-order valence-electron chi connectivity index (χ4n) is 2.02. The number of aliphatic hydroxyl groups is 1. The van der Waals surface area contributed by atoms with Gasteiger partial charge in [-0.3, -0.25) is 4.98 Å². The molecule has 21 heavy (non-hydrogen) atoms. The van der Waals surface area contributed by atoms with Crippen molar-refractivity contribution < 1.29 is 9.84 Å². The van der Waals surface area contributed by atoms with Gasteiger partial charge in [0.05, 0.1) is 12.8 Å². The summed E-state index contributed by atoms with van der Waals surface area (Å²) >= 11 is 9.61. The summed E-state index contributed by atoms with van der Waals surface area (Å²) < 4.78 is 6.43. The lowest BCUT2D eigenvalue weighted by molar-refractivity contribution is 0.101. The maximum absolute atomic E-state index is 10.9. The highest BCUT2D eigenvalue weighted by atomic mass is 79.9. The van der Waals surface area contributed by atoms with Crippen LogP contribution in [-0.4, -0.2) is 16.7 Å². The van der Waals surface area contributed by atoms with Crippen LogP contribution in [-0.2, 0) is 5.60 Å². The molecular weight excluding hydrogens is 354 g/mol. The van der Waals surface area contributed by atoms with Crippen LogP contribution in [0.3, 0.4) is 0 Å². The van der Waals surface area contributed by atoms with E-state index in [1.54, 1.807) is 37.5 Å². The summed E-state index contributed by atoms with van der Waals surface area (Å²) in [5, 5.41) is 11.4. The van der Waals surface area contributed by atoms with Crippen LogP contribution in [0.25, 0.3) is 0 Å². The SMILES string of the molecule is CCCOc1cncc(C(C)(O)c2ccc(Br)cc2Cl)c1. The molecule has 112 valence electrons. The predicted molar refractivity (Wildman–Crippen MR) is 87.8 cm³/mol. The molecule has 0 aliphatic rings. The zero-order valence-electron chi connectivity index (χ0n) is 11.9. The van der Waals surface area contributed by atoms with Gasteiger partial charge in [0.15, 0.2) is 0 Å². The van der Waals surface area contributed by atoms with Gasteiger partial charge in [-0.2, -0.15) is 0 Å². The normalized spacial score (nSPS) is 13.8. The van der Waals surface area contributed by atoms with E-state index in [9.17, 15) is 5.11 Å². The summed E-state index contributed by atoms with van der Waals surface area (Å²) in [5.41, 5.74) is 0.0262. The van der Waals surface area contributed by atoms with Crippen molar-refractivity contribution in [2.75, 3.05) is 6.61 Å². The Labute approximate surface area is 138 Å². The monoisotopic (exact) mass is 369 g/mol. The summed E-state index contributed by atoms with van der Waals surface area (Å²) in [6.07, 6.45) is 4.18. The second-order valence-electron chi connectivity index (χ2n) is 4.95. The molecule has 0 radical (unpaired) electrons. The Morgan fingerprint density at radius 2 is 2.10 bits per heavy atom. The van der Waals surface area contributed by atoms with Gasteiger partial charge in [-0.15, -0.1) is 0 Å². The first-order valence-electron chi connectivity index (χ1n) is 6.71. The summed E-state index contributed by atoms with van der Waals surface area (Å²) in [4.78, 5) is 4.14. The van der Waals surface area contributed by atoms with Crippen molar-refractivity contribution in [3.8, 4) is 5.75 Å². The first-order chi connectivity index (χ1) is 9.95. The van der Waals surface area contributed by atoms with Gasteiger partial charge < -0.3 is 9.84 Å². The average molecular weight is 371 g/mol. The molecule has 0 aliphatic carbocycles. The van der Waals surface area contributed by atoms with E-state index in [1.807, 2.05) is 13.0 Å². The van der Waals surface area contributed by atoms with Crippen molar-refractivity contribution in [1.29, 1.82) is 0 Å². The predicted octanol–water partition coefficient (Wildman–Crippen LogP) is 4.54. The van der Waals surface area contributed by atoms with E-state index in [4.69, 9.17) is 16.3 Å².